The number of methoxy groups -OCH3 is 1. The first-order valence-corrected chi connectivity index (χ1v) is 7.58. The summed E-state index contributed by atoms with van der Waals surface area (Å²) in [5, 5.41) is 3.02. The van der Waals surface area contributed by atoms with E-state index in [-0.39, 0.29) is 0 Å². The highest BCUT2D eigenvalue weighted by Gasteiger charge is 2.08. The minimum absolute atomic E-state index is 0.535. The second-order valence-electron chi connectivity index (χ2n) is 5.15. The summed E-state index contributed by atoms with van der Waals surface area (Å²) in [4.78, 5) is 6.89. The van der Waals surface area contributed by atoms with E-state index in [2.05, 4.69) is 15.2 Å². The Balaban J connectivity index is 1.90. The third-order valence-electron chi connectivity index (χ3n) is 3.48. The quantitative estimate of drug-likeness (QED) is 0.375. The van der Waals surface area contributed by atoms with Crippen LogP contribution in [0.3, 0.4) is 0 Å². The normalized spacial score (nSPS) is 17.6. The van der Waals surface area contributed by atoms with Crippen LogP contribution in [0, 0.1) is 0 Å². The van der Waals surface area contributed by atoms with Crippen molar-refractivity contribution in [3.8, 4) is 0 Å². The van der Waals surface area contributed by atoms with Crippen molar-refractivity contribution in [3.63, 3.8) is 0 Å². The number of nitrogens with two attached hydrogens (primary N) is 1. The molecule has 19 heavy (non-hydrogen) atoms. The molecule has 1 aliphatic heterocycles. The number of hydrogen-bond donors (Lipinski definition) is 2. The lowest BCUT2D eigenvalue weighted by atomic mass is 10.1. The first kappa shape index (κ1) is 16.2. The van der Waals surface area contributed by atoms with Crippen LogP contribution in [0.2, 0.25) is 0 Å². The van der Waals surface area contributed by atoms with Gasteiger partial charge in [-0.3, -0.25) is 4.99 Å². The molecule has 5 nitrogen and oxygen atoms in total. The van der Waals surface area contributed by atoms with Crippen LogP contribution in [0.4, 0.5) is 0 Å². The number of piperidine rings is 1. The number of unbranched alkanes of at least 4 members (excludes halogenated alkanes) is 2. The summed E-state index contributed by atoms with van der Waals surface area (Å²) in [5.74, 6) is 0.535. The average molecular weight is 270 g/mol. The van der Waals surface area contributed by atoms with E-state index in [1.807, 2.05) is 0 Å². The molecule has 3 N–H and O–H groups in total. The molecule has 1 aliphatic rings. The van der Waals surface area contributed by atoms with E-state index in [9.17, 15) is 0 Å². The molecule has 0 bridgehead atoms. The molecular weight excluding hydrogens is 240 g/mol. The predicted octanol–water partition coefficient (Wildman–Crippen LogP) is 1.19. The molecule has 0 unspecified atom stereocenters. The van der Waals surface area contributed by atoms with E-state index in [1.54, 1.807) is 7.11 Å². The number of aliphatic imine (C=N–C) groups is 1. The zero-order valence-electron chi connectivity index (χ0n) is 12.4. The van der Waals surface area contributed by atoms with Gasteiger partial charge >= 0.3 is 0 Å². The van der Waals surface area contributed by atoms with E-state index in [0.717, 1.165) is 19.5 Å². The van der Waals surface area contributed by atoms with Crippen molar-refractivity contribution in [1.82, 2.24) is 10.2 Å². The number of likely N-dealkylation sites (tertiary alicyclic amines) is 1. The van der Waals surface area contributed by atoms with Gasteiger partial charge in [-0.2, -0.15) is 0 Å². The molecule has 0 atom stereocenters. The molecule has 1 saturated heterocycles. The van der Waals surface area contributed by atoms with Gasteiger partial charge in [0.05, 0.1) is 6.61 Å². The van der Waals surface area contributed by atoms with Crippen molar-refractivity contribution in [3.05, 3.63) is 0 Å². The second-order valence-corrected chi connectivity index (χ2v) is 5.15. The Bertz CT molecular complexity index is 240. The van der Waals surface area contributed by atoms with Crippen molar-refractivity contribution in [1.29, 1.82) is 0 Å². The van der Waals surface area contributed by atoms with Gasteiger partial charge < -0.3 is 20.7 Å². The summed E-state index contributed by atoms with van der Waals surface area (Å²) in [5.41, 5.74) is 5.72. The molecule has 0 spiro atoms. The first-order valence-electron chi connectivity index (χ1n) is 7.58. The monoisotopic (exact) mass is 270 g/mol. The maximum absolute atomic E-state index is 5.72. The van der Waals surface area contributed by atoms with E-state index < -0.39 is 0 Å². The van der Waals surface area contributed by atoms with Crippen LogP contribution >= 0.6 is 0 Å². The standard InChI is InChI=1S/C14H30N4O/c1-19-13-9-17-14(15)16-8-4-2-5-10-18-11-6-3-7-12-18/h2-13H2,1H3,(H3,15,16,17). The molecule has 0 aliphatic carbocycles. The molecule has 0 aromatic carbocycles. The molecule has 0 aromatic rings. The second kappa shape index (κ2) is 11.1. The number of hydrogen-bond acceptors (Lipinski definition) is 3. The minimum Gasteiger partial charge on any atom is -0.383 e. The summed E-state index contributed by atoms with van der Waals surface area (Å²) < 4.78 is 4.93. The summed E-state index contributed by atoms with van der Waals surface area (Å²) in [7, 11) is 1.68. The zero-order chi connectivity index (χ0) is 13.8. The van der Waals surface area contributed by atoms with E-state index in [1.165, 1.54) is 51.7 Å². The molecule has 0 amide bonds. The van der Waals surface area contributed by atoms with Gasteiger partial charge in [-0.25, -0.2) is 0 Å². The van der Waals surface area contributed by atoms with Crippen molar-refractivity contribution in [2.24, 2.45) is 10.7 Å². The average Bonchev–Trinajstić information content (AvgIpc) is 2.44. The Morgan fingerprint density at radius 2 is 2.00 bits per heavy atom. The van der Waals surface area contributed by atoms with Gasteiger partial charge in [0.2, 0.25) is 0 Å². The molecule has 1 heterocycles. The van der Waals surface area contributed by atoms with Gasteiger partial charge in [0.25, 0.3) is 0 Å². The Labute approximate surface area is 117 Å². The highest BCUT2D eigenvalue weighted by molar-refractivity contribution is 5.77. The zero-order valence-corrected chi connectivity index (χ0v) is 12.4. The fraction of sp³-hybridized carbons (Fsp3) is 0.929. The van der Waals surface area contributed by atoms with Crippen molar-refractivity contribution in [2.75, 3.05) is 46.4 Å². The summed E-state index contributed by atoms with van der Waals surface area (Å²) in [6.45, 7) is 6.06. The smallest absolute Gasteiger partial charge is 0.188 e. The molecule has 5 heteroatoms. The van der Waals surface area contributed by atoms with Crippen molar-refractivity contribution < 1.29 is 4.74 Å². The summed E-state index contributed by atoms with van der Waals surface area (Å²) in [6, 6.07) is 0. The first-order chi connectivity index (χ1) is 9.33. The number of nitrogens with zero attached hydrogens (tertiary/aromatic N) is 2. The van der Waals surface area contributed by atoms with Crippen molar-refractivity contribution >= 4 is 5.96 Å². The number of ether oxygens (including phenoxy) is 1. The third-order valence-corrected chi connectivity index (χ3v) is 3.48. The fourth-order valence-electron chi connectivity index (χ4n) is 2.34. The molecule has 0 radical (unpaired) electrons. The van der Waals surface area contributed by atoms with Crippen LogP contribution in [0.15, 0.2) is 4.99 Å². The van der Waals surface area contributed by atoms with Gasteiger partial charge in [-0.1, -0.05) is 12.8 Å². The topological polar surface area (TPSA) is 62.9 Å². The number of nitrogens with one attached hydrogen (secondary N) is 1. The van der Waals surface area contributed by atoms with Crippen LogP contribution in [-0.2, 0) is 4.74 Å². The van der Waals surface area contributed by atoms with Crippen LogP contribution in [0.5, 0.6) is 0 Å². The van der Waals surface area contributed by atoms with Crippen LogP contribution < -0.4 is 11.1 Å². The largest absolute Gasteiger partial charge is 0.383 e. The third kappa shape index (κ3) is 8.83. The van der Waals surface area contributed by atoms with E-state index >= 15 is 0 Å². The lowest BCUT2D eigenvalue weighted by Crippen LogP contribution is -2.34. The number of guanidine groups is 1. The predicted molar refractivity (Wildman–Crippen MR) is 80.5 cm³/mol. The Hall–Kier alpha value is -0.810. The molecule has 1 fully saturated rings. The Morgan fingerprint density at radius 3 is 2.74 bits per heavy atom. The highest BCUT2D eigenvalue weighted by Crippen LogP contribution is 2.09. The van der Waals surface area contributed by atoms with Gasteiger partial charge in [-0.05, 0) is 45.3 Å². The SMILES string of the molecule is COCCNC(N)=NCCCCCN1CCCCC1. The van der Waals surface area contributed by atoms with Crippen molar-refractivity contribution in [2.45, 2.75) is 38.5 Å². The van der Waals surface area contributed by atoms with E-state index in [4.69, 9.17) is 10.5 Å². The molecule has 112 valence electrons. The Kier molecular flexibility index (Phi) is 9.45. The van der Waals surface area contributed by atoms with E-state index in [0.29, 0.717) is 12.6 Å². The van der Waals surface area contributed by atoms with Crippen LogP contribution in [0.25, 0.3) is 0 Å². The highest BCUT2D eigenvalue weighted by atomic mass is 16.5. The minimum atomic E-state index is 0.535. The number of rotatable bonds is 9. The molecule has 0 aromatic heterocycles. The van der Waals surface area contributed by atoms with Gasteiger partial charge in [-0.15, -0.1) is 0 Å². The maximum Gasteiger partial charge on any atom is 0.188 e. The fourth-order valence-corrected chi connectivity index (χ4v) is 2.34. The maximum atomic E-state index is 5.72. The van der Waals surface area contributed by atoms with Crippen LogP contribution in [-0.4, -0.2) is 57.3 Å². The van der Waals surface area contributed by atoms with Gasteiger partial charge in [0.1, 0.15) is 0 Å². The van der Waals surface area contributed by atoms with Gasteiger partial charge in [0.15, 0.2) is 5.96 Å². The molecule has 0 saturated carbocycles. The molecular formula is C14H30N4O. The summed E-state index contributed by atoms with van der Waals surface area (Å²) >= 11 is 0. The Morgan fingerprint density at radius 1 is 1.21 bits per heavy atom. The lowest BCUT2D eigenvalue weighted by molar-refractivity contribution is 0.204. The van der Waals surface area contributed by atoms with Crippen LogP contribution in [0.1, 0.15) is 38.5 Å². The lowest BCUT2D eigenvalue weighted by Gasteiger charge is -2.26. The molecule has 1 rings (SSSR count). The summed E-state index contributed by atoms with van der Waals surface area (Å²) in [6.07, 6.45) is 7.83. The van der Waals surface area contributed by atoms with Gasteiger partial charge in [0, 0.05) is 20.2 Å².